The molecule has 1 fully saturated rings. The van der Waals surface area contributed by atoms with E-state index in [0.29, 0.717) is 6.04 Å². The number of hydrogen-bond acceptors (Lipinski definition) is 5. The van der Waals surface area contributed by atoms with E-state index in [0.717, 1.165) is 12.2 Å². The lowest BCUT2D eigenvalue weighted by molar-refractivity contribution is -0.383. The highest BCUT2D eigenvalue weighted by molar-refractivity contribution is 7.09. The molecular weight excluding hydrogens is 274 g/mol. The highest BCUT2D eigenvalue weighted by Gasteiger charge is 2.30. The van der Waals surface area contributed by atoms with E-state index in [2.05, 4.69) is 16.3 Å². The molecule has 0 bridgehead atoms. The molecule has 5 nitrogen and oxygen atoms in total. The summed E-state index contributed by atoms with van der Waals surface area (Å²) in [5.41, 5.74) is 6.95. The normalized spacial score (nSPS) is 14.2. The van der Waals surface area contributed by atoms with Crippen LogP contribution in [0.25, 0.3) is 0 Å². The van der Waals surface area contributed by atoms with Gasteiger partial charge in [-0.2, -0.15) is 0 Å². The van der Waals surface area contributed by atoms with Gasteiger partial charge in [0.2, 0.25) is 0 Å². The van der Waals surface area contributed by atoms with E-state index in [1.54, 1.807) is 23.5 Å². The van der Waals surface area contributed by atoms with Crippen LogP contribution in [0.1, 0.15) is 17.7 Å². The minimum atomic E-state index is -0.445. The van der Waals surface area contributed by atoms with Crippen LogP contribution in [0, 0.1) is 10.1 Å². The zero-order valence-corrected chi connectivity index (χ0v) is 11.7. The SMILES string of the molecule is Nc1cc(N(Cc2cccs2)C2CC2)ccc1[N+](=O)[O-]. The molecule has 0 amide bonds. The topological polar surface area (TPSA) is 72.4 Å². The average Bonchev–Trinajstić information content (AvgIpc) is 3.12. The number of nitro groups is 1. The van der Waals surface area contributed by atoms with Gasteiger partial charge < -0.3 is 10.6 Å². The summed E-state index contributed by atoms with van der Waals surface area (Å²) < 4.78 is 0. The Hall–Kier alpha value is -2.08. The smallest absolute Gasteiger partial charge is 0.292 e. The van der Waals surface area contributed by atoms with Crippen LogP contribution in [0.15, 0.2) is 35.7 Å². The fourth-order valence-electron chi connectivity index (χ4n) is 2.27. The molecule has 1 heterocycles. The summed E-state index contributed by atoms with van der Waals surface area (Å²) in [4.78, 5) is 13.9. The summed E-state index contributed by atoms with van der Waals surface area (Å²) in [5, 5.41) is 12.9. The molecular formula is C14H15N3O2S. The van der Waals surface area contributed by atoms with Gasteiger partial charge >= 0.3 is 0 Å². The van der Waals surface area contributed by atoms with Crippen molar-refractivity contribution in [3.63, 3.8) is 0 Å². The van der Waals surface area contributed by atoms with Crippen molar-refractivity contribution in [2.75, 3.05) is 10.6 Å². The number of nitrogen functional groups attached to an aromatic ring is 1. The second-order valence-corrected chi connectivity index (χ2v) is 5.97. The first kappa shape index (κ1) is 12.9. The van der Waals surface area contributed by atoms with Crippen molar-refractivity contribution in [2.45, 2.75) is 25.4 Å². The van der Waals surface area contributed by atoms with E-state index < -0.39 is 4.92 Å². The summed E-state index contributed by atoms with van der Waals surface area (Å²) in [6, 6.07) is 9.67. The molecule has 1 aliphatic carbocycles. The van der Waals surface area contributed by atoms with Gasteiger partial charge in [0.15, 0.2) is 0 Å². The number of rotatable bonds is 5. The molecule has 1 aromatic heterocycles. The third-order valence-corrected chi connectivity index (χ3v) is 4.29. The summed E-state index contributed by atoms with van der Waals surface area (Å²) in [6.45, 7) is 0.833. The molecule has 20 heavy (non-hydrogen) atoms. The molecule has 1 saturated carbocycles. The highest BCUT2D eigenvalue weighted by Crippen LogP contribution is 2.36. The molecule has 2 N–H and O–H groups in total. The Morgan fingerprint density at radius 2 is 2.20 bits per heavy atom. The van der Waals surface area contributed by atoms with Gasteiger partial charge in [0.25, 0.3) is 5.69 Å². The zero-order valence-electron chi connectivity index (χ0n) is 10.9. The molecule has 0 radical (unpaired) electrons. The molecule has 2 aromatic rings. The molecule has 0 aliphatic heterocycles. The van der Waals surface area contributed by atoms with Crippen LogP contribution >= 0.6 is 11.3 Å². The summed E-state index contributed by atoms with van der Waals surface area (Å²) in [5.74, 6) is 0. The first-order valence-corrected chi connectivity index (χ1v) is 7.36. The molecule has 1 aliphatic rings. The standard InChI is InChI=1S/C14H15N3O2S/c15-13-8-11(5-6-14(13)17(18)19)16(10-3-4-10)9-12-2-1-7-20-12/h1-2,5-8,10H,3-4,9,15H2. The maximum absolute atomic E-state index is 10.8. The lowest BCUT2D eigenvalue weighted by Crippen LogP contribution is -2.24. The Morgan fingerprint density at radius 1 is 1.40 bits per heavy atom. The van der Waals surface area contributed by atoms with Crippen molar-refractivity contribution < 1.29 is 4.92 Å². The van der Waals surface area contributed by atoms with Crippen molar-refractivity contribution in [1.82, 2.24) is 0 Å². The highest BCUT2D eigenvalue weighted by atomic mass is 32.1. The number of nitro benzene ring substituents is 1. The third-order valence-electron chi connectivity index (χ3n) is 3.43. The van der Waals surface area contributed by atoms with E-state index in [1.165, 1.54) is 23.8 Å². The zero-order chi connectivity index (χ0) is 14.1. The van der Waals surface area contributed by atoms with Gasteiger partial charge in [-0.15, -0.1) is 11.3 Å². The van der Waals surface area contributed by atoms with Gasteiger partial charge in [-0.25, -0.2) is 0 Å². The largest absolute Gasteiger partial charge is 0.393 e. The summed E-state index contributed by atoms with van der Waals surface area (Å²) in [6.07, 6.45) is 2.34. The molecule has 0 atom stereocenters. The van der Waals surface area contributed by atoms with E-state index in [-0.39, 0.29) is 11.4 Å². The fraction of sp³-hybridized carbons (Fsp3) is 0.286. The molecule has 3 rings (SSSR count). The van der Waals surface area contributed by atoms with Crippen molar-refractivity contribution in [3.05, 3.63) is 50.7 Å². The molecule has 0 spiro atoms. The lowest BCUT2D eigenvalue weighted by atomic mass is 10.2. The van der Waals surface area contributed by atoms with E-state index >= 15 is 0 Å². The first-order valence-electron chi connectivity index (χ1n) is 6.48. The molecule has 6 heteroatoms. The second-order valence-electron chi connectivity index (χ2n) is 4.94. The van der Waals surface area contributed by atoms with Crippen LogP contribution < -0.4 is 10.6 Å². The van der Waals surface area contributed by atoms with Crippen molar-refractivity contribution in [3.8, 4) is 0 Å². The molecule has 104 valence electrons. The Kier molecular flexibility index (Phi) is 3.31. The third kappa shape index (κ3) is 2.60. The maximum atomic E-state index is 10.8. The Balaban J connectivity index is 1.88. The number of nitrogens with zero attached hydrogens (tertiary/aromatic N) is 2. The summed E-state index contributed by atoms with van der Waals surface area (Å²) in [7, 11) is 0. The van der Waals surface area contributed by atoms with Crippen molar-refractivity contribution >= 4 is 28.4 Å². The number of benzene rings is 1. The van der Waals surface area contributed by atoms with Crippen molar-refractivity contribution in [1.29, 1.82) is 0 Å². The van der Waals surface area contributed by atoms with Crippen LogP contribution in [0.4, 0.5) is 17.1 Å². The minimum Gasteiger partial charge on any atom is -0.393 e. The average molecular weight is 289 g/mol. The van der Waals surface area contributed by atoms with Gasteiger partial charge in [-0.1, -0.05) is 6.07 Å². The maximum Gasteiger partial charge on any atom is 0.292 e. The Labute approximate surface area is 120 Å². The number of hydrogen-bond donors (Lipinski definition) is 1. The molecule has 1 aromatic carbocycles. The van der Waals surface area contributed by atoms with Crippen LogP contribution in [0.5, 0.6) is 0 Å². The van der Waals surface area contributed by atoms with Crippen LogP contribution in [-0.4, -0.2) is 11.0 Å². The number of nitrogens with two attached hydrogens (primary N) is 1. The fourth-order valence-corrected chi connectivity index (χ4v) is 2.98. The van der Waals surface area contributed by atoms with Crippen LogP contribution in [-0.2, 0) is 6.54 Å². The quantitative estimate of drug-likeness (QED) is 0.520. The second kappa shape index (κ2) is 5.13. The number of anilines is 2. The monoisotopic (exact) mass is 289 g/mol. The van der Waals surface area contributed by atoms with Gasteiger partial charge in [0, 0.05) is 22.7 Å². The van der Waals surface area contributed by atoms with E-state index in [1.807, 2.05) is 6.07 Å². The summed E-state index contributed by atoms with van der Waals surface area (Å²) >= 11 is 1.72. The lowest BCUT2D eigenvalue weighted by Gasteiger charge is -2.24. The number of thiophene rings is 1. The minimum absolute atomic E-state index is 0.0272. The van der Waals surface area contributed by atoms with Gasteiger partial charge in [0.1, 0.15) is 5.69 Å². The van der Waals surface area contributed by atoms with Gasteiger partial charge in [-0.05, 0) is 36.4 Å². The van der Waals surface area contributed by atoms with Gasteiger partial charge in [0.05, 0.1) is 11.5 Å². The first-order chi connectivity index (χ1) is 9.65. The van der Waals surface area contributed by atoms with Crippen LogP contribution in [0.2, 0.25) is 0 Å². The van der Waals surface area contributed by atoms with Crippen LogP contribution in [0.3, 0.4) is 0 Å². The molecule has 0 saturated heterocycles. The van der Waals surface area contributed by atoms with Gasteiger partial charge in [-0.3, -0.25) is 10.1 Å². The van der Waals surface area contributed by atoms with E-state index in [9.17, 15) is 10.1 Å². The van der Waals surface area contributed by atoms with E-state index in [4.69, 9.17) is 5.73 Å². The Morgan fingerprint density at radius 3 is 2.75 bits per heavy atom. The molecule has 0 unspecified atom stereocenters. The predicted octanol–water partition coefficient (Wildman–Crippen LogP) is 3.41. The predicted molar refractivity (Wildman–Crippen MR) is 81.0 cm³/mol. The van der Waals surface area contributed by atoms with Crippen molar-refractivity contribution in [2.24, 2.45) is 0 Å². The Bertz CT molecular complexity index is 623.